The van der Waals surface area contributed by atoms with Gasteiger partial charge >= 0.3 is 6.09 Å². The molecule has 8 heteroatoms. The van der Waals surface area contributed by atoms with Crippen molar-refractivity contribution in [1.82, 2.24) is 9.88 Å². The lowest BCUT2D eigenvalue weighted by Crippen LogP contribution is -2.65. The molecule has 182 valence electrons. The van der Waals surface area contributed by atoms with Crippen molar-refractivity contribution in [3.8, 4) is 17.2 Å². The first kappa shape index (κ1) is 22.7. The van der Waals surface area contributed by atoms with Crippen LogP contribution in [0.2, 0.25) is 0 Å². The summed E-state index contributed by atoms with van der Waals surface area (Å²) >= 11 is 0. The zero-order chi connectivity index (χ0) is 25.7. The van der Waals surface area contributed by atoms with Crippen molar-refractivity contribution < 1.29 is 18.7 Å². The number of hydrogen-bond acceptors (Lipinski definition) is 5. The Morgan fingerprint density at radius 1 is 1.14 bits per heavy atom. The van der Waals surface area contributed by atoms with Gasteiger partial charge in [0.15, 0.2) is 0 Å². The van der Waals surface area contributed by atoms with Crippen molar-refractivity contribution in [3.05, 3.63) is 95.6 Å². The summed E-state index contributed by atoms with van der Waals surface area (Å²) in [5.41, 5.74) is 2.65. The largest absolute Gasteiger partial charge is 0.453 e. The number of fused-ring (bicyclic) bond motifs is 3. The van der Waals surface area contributed by atoms with E-state index in [0.29, 0.717) is 16.8 Å². The molecular formula is C29H21FN4O3. The Morgan fingerprint density at radius 2 is 1.89 bits per heavy atom. The third-order valence-electron chi connectivity index (χ3n) is 7.28. The van der Waals surface area contributed by atoms with Gasteiger partial charge in [0, 0.05) is 35.9 Å². The number of carbonyl (C=O) groups is 2. The normalized spacial score (nSPS) is 15.4. The minimum atomic E-state index is -0.831. The maximum atomic E-state index is 14.7. The van der Waals surface area contributed by atoms with Crippen molar-refractivity contribution in [2.75, 3.05) is 25.1 Å². The minimum absolute atomic E-state index is 0.0378. The molecule has 0 radical (unpaired) electrons. The standard InChI is InChI=1S/C29H21FN4O3/c1-37-28(36)33-16-29(17-33)22-8-4-5-9-25(22)34(27(29)35)15-24-26(18-10-11-19(13-31)23(30)12-18)21-7-3-2-6-20(21)14-32-24/h2-12,14H,15-17H2,1H3. The summed E-state index contributed by atoms with van der Waals surface area (Å²) in [6.45, 7) is 0.646. The van der Waals surface area contributed by atoms with Crippen LogP contribution < -0.4 is 4.90 Å². The van der Waals surface area contributed by atoms with Crippen molar-refractivity contribution >= 4 is 28.5 Å². The third kappa shape index (κ3) is 3.35. The number of nitriles is 1. The summed E-state index contributed by atoms with van der Waals surface area (Å²) in [6, 6.07) is 21.6. The maximum Gasteiger partial charge on any atom is 0.409 e. The number of aromatic nitrogens is 1. The third-order valence-corrected chi connectivity index (χ3v) is 7.28. The van der Waals surface area contributed by atoms with Gasteiger partial charge in [0.1, 0.15) is 17.3 Å². The van der Waals surface area contributed by atoms with E-state index in [0.717, 1.165) is 22.0 Å². The summed E-state index contributed by atoms with van der Waals surface area (Å²) < 4.78 is 19.5. The van der Waals surface area contributed by atoms with Gasteiger partial charge in [-0.2, -0.15) is 5.26 Å². The molecule has 0 atom stereocenters. The van der Waals surface area contributed by atoms with Crippen LogP contribution >= 0.6 is 0 Å². The second-order valence-corrected chi connectivity index (χ2v) is 9.29. The molecule has 37 heavy (non-hydrogen) atoms. The second-order valence-electron chi connectivity index (χ2n) is 9.29. The summed E-state index contributed by atoms with van der Waals surface area (Å²) in [4.78, 5) is 33.9. The van der Waals surface area contributed by atoms with Gasteiger partial charge in [0.05, 0.1) is 24.9 Å². The number of halogens is 1. The number of carbonyl (C=O) groups excluding carboxylic acids is 2. The molecule has 2 aliphatic rings. The average molecular weight is 493 g/mol. The zero-order valence-electron chi connectivity index (χ0n) is 19.9. The summed E-state index contributed by atoms with van der Waals surface area (Å²) in [7, 11) is 1.32. The second kappa shape index (κ2) is 8.42. The number of likely N-dealkylation sites (tertiary alicyclic amines) is 1. The lowest BCUT2D eigenvalue weighted by Gasteiger charge is -2.45. The first-order valence-corrected chi connectivity index (χ1v) is 11.8. The van der Waals surface area contributed by atoms with E-state index in [9.17, 15) is 19.2 Å². The van der Waals surface area contributed by atoms with E-state index in [4.69, 9.17) is 9.72 Å². The number of methoxy groups -OCH3 is 1. The molecule has 0 saturated carbocycles. The quantitative estimate of drug-likeness (QED) is 0.411. The lowest BCUT2D eigenvalue weighted by atomic mass is 9.75. The van der Waals surface area contributed by atoms with E-state index in [1.807, 2.05) is 54.6 Å². The van der Waals surface area contributed by atoms with Gasteiger partial charge in [-0.05, 0) is 34.7 Å². The van der Waals surface area contributed by atoms with E-state index >= 15 is 0 Å². The number of anilines is 1. The highest BCUT2D eigenvalue weighted by molar-refractivity contribution is 6.10. The number of amides is 2. The summed E-state index contributed by atoms with van der Waals surface area (Å²) in [5, 5.41) is 10.9. The molecule has 4 aromatic rings. The van der Waals surface area contributed by atoms with Gasteiger partial charge in [-0.25, -0.2) is 9.18 Å². The molecule has 1 saturated heterocycles. The molecule has 7 nitrogen and oxygen atoms in total. The molecule has 1 fully saturated rings. The first-order valence-electron chi connectivity index (χ1n) is 11.8. The van der Waals surface area contributed by atoms with Crippen molar-refractivity contribution in [2.45, 2.75) is 12.0 Å². The fraction of sp³-hybridized carbons (Fsp3) is 0.172. The predicted molar refractivity (Wildman–Crippen MR) is 135 cm³/mol. The topological polar surface area (TPSA) is 86.5 Å². The van der Waals surface area contributed by atoms with Gasteiger partial charge in [-0.1, -0.05) is 48.5 Å². The smallest absolute Gasteiger partial charge is 0.409 e. The molecule has 3 aromatic carbocycles. The number of ether oxygens (including phenoxy) is 1. The monoisotopic (exact) mass is 492 g/mol. The molecular weight excluding hydrogens is 471 g/mol. The molecule has 0 aliphatic carbocycles. The van der Waals surface area contributed by atoms with Gasteiger partial charge in [-0.3, -0.25) is 9.78 Å². The highest BCUT2D eigenvalue weighted by Gasteiger charge is 2.59. The summed E-state index contributed by atoms with van der Waals surface area (Å²) in [6.07, 6.45) is 1.29. The Kier molecular flexibility index (Phi) is 5.16. The van der Waals surface area contributed by atoms with Crippen LogP contribution in [-0.2, 0) is 21.5 Å². The lowest BCUT2D eigenvalue weighted by molar-refractivity contribution is -0.128. The van der Waals surface area contributed by atoms with E-state index in [1.54, 1.807) is 17.2 Å². The van der Waals surface area contributed by atoms with Crippen LogP contribution in [0.4, 0.5) is 14.9 Å². The highest BCUT2D eigenvalue weighted by Crippen LogP contribution is 2.48. The Bertz CT molecular complexity index is 1640. The Balaban J connectivity index is 1.45. The number of para-hydroxylation sites is 1. The van der Waals surface area contributed by atoms with Crippen LogP contribution in [0, 0.1) is 17.1 Å². The van der Waals surface area contributed by atoms with Gasteiger partial charge in [0.2, 0.25) is 5.91 Å². The van der Waals surface area contributed by atoms with E-state index in [-0.39, 0.29) is 31.1 Å². The van der Waals surface area contributed by atoms with E-state index in [1.165, 1.54) is 24.1 Å². The van der Waals surface area contributed by atoms with Crippen molar-refractivity contribution in [2.24, 2.45) is 0 Å². The van der Waals surface area contributed by atoms with Crippen LogP contribution in [0.5, 0.6) is 0 Å². The first-order chi connectivity index (χ1) is 18.0. The van der Waals surface area contributed by atoms with E-state index in [2.05, 4.69) is 0 Å². The number of rotatable bonds is 3. The molecule has 0 N–H and O–H groups in total. The SMILES string of the molecule is COC(=O)N1CC2(C1)C(=O)N(Cc1ncc3ccccc3c1-c1ccc(C#N)c(F)c1)c1ccccc12. The number of hydrogen-bond donors (Lipinski definition) is 0. The zero-order valence-corrected chi connectivity index (χ0v) is 19.9. The highest BCUT2D eigenvalue weighted by atomic mass is 19.1. The van der Waals surface area contributed by atoms with Gasteiger partial charge in [0.25, 0.3) is 0 Å². The van der Waals surface area contributed by atoms with Crippen LogP contribution in [0.1, 0.15) is 16.8 Å². The molecule has 6 rings (SSSR count). The minimum Gasteiger partial charge on any atom is -0.453 e. The summed E-state index contributed by atoms with van der Waals surface area (Å²) in [5.74, 6) is -0.724. The predicted octanol–water partition coefficient (Wildman–Crippen LogP) is 4.78. The Labute approximate surface area is 212 Å². The Hall–Kier alpha value is -4.77. The fourth-order valence-electron chi connectivity index (χ4n) is 5.48. The fourth-order valence-corrected chi connectivity index (χ4v) is 5.48. The maximum absolute atomic E-state index is 14.7. The molecule has 1 spiro atoms. The molecule has 2 amide bonds. The van der Waals surface area contributed by atoms with Gasteiger partial charge in [-0.15, -0.1) is 0 Å². The number of nitrogens with zero attached hydrogens (tertiary/aromatic N) is 4. The van der Waals surface area contributed by atoms with Crippen LogP contribution in [0.15, 0.2) is 72.9 Å². The molecule has 1 aromatic heterocycles. The van der Waals surface area contributed by atoms with Crippen LogP contribution in [-0.4, -0.2) is 42.1 Å². The molecule has 0 unspecified atom stereocenters. The van der Waals surface area contributed by atoms with Gasteiger partial charge < -0.3 is 14.5 Å². The molecule has 3 heterocycles. The Morgan fingerprint density at radius 3 is 2.65 bits per heavy atom. The molecule has 2 aliphatic heterocycles. The van der Waals surface area contributed by atoms with E-state index < -0.39 is 17.3 Å². The number of benzene rings is 3. The van der Waals surface area contributed by atoms with Crippen molar-refractivity contribution in [1.29, 1.82) is 5.26 Å². The average Bonchev–Trinajstić information content (AvgIpc) is 3.15. The van der Waals surface area contributed by atoms with Crippen LogP contribution in [0.25, 0.3) is 21.9 Å². The number of pyridine rings is 1. The van der Waals surface area contributed by atoms with Crippen molar-refractivity contribution in [3.63, 3.8) is 0 Å². The van der Waals surface area contributed by atoms with Crippen LogP contribution in [0.3, 0.4) is 0 Å². The molecule has 0 bridgehead atoms.